The highest BCUT2D eigenvalue weighted by atomic mass is 32.2. The Morgan fingerprint density at radius 1 is 1.11 bits per heavy atom. The number of carbonyl (C=O) groups is 1. The third kappa shape index (κ3) is 3.66. The summed E-state index contributed by atoms with van der Waals surface area (Å²) in [4.78, 5) is 13.1. The van der Waals surface area contributed by atoms with Gasteiger partial charge in [-0.3, -0.25) is 4.79 Å². The Balaban J connectivity index is 1.53. The normalized spacial score (nSPS) is 29.2. The van der Waals surface area contributed by atoms with Crippen molar-refractivity contribution in [1.29, 1.82) is 0 Å². The smallest absolute Gasteiger partial charge is 0.251 e. The average Bonchev–Trinajstić information content (AvgIpc) is 3.25. The number of rotatable bonds is 4. The van der Waals surface area contributed by atoms with Gasteiger partial charge in [0.25, 0.3) is 5.91 Å². The van der Waals surface area contributed by atoms with Crippen LogP contribution in [0.2, 0.25) is 0 Å². The highest BCUT2D eigenvalue weighted by Gasteiger charge is 2.40. The minimum atomic E-state index is -3.54. The first-order valence-corrected chi connectivity index (χ1v) is 11.7. The molecule has 2 aliphatic carbocycles. The molecule has 1 saturated heterocycles. The second kappa shape index (κ2) is 7.21. The van der Waals surface area contributed by atoms with E-state index in [1.165, 1.54) is 19.3 Å². The minimum Gasteiger partial charge on any atom is -0.349 e. The highest BCUT2D eigenvalue weighted by molar-refractivity contribution is 7.89. The average molecular weight is 391 g/mol. The molecule has 6 heteroatoms. The molecule has 0 aromatic heterocycles. The summed E-state index contributed by atoms with van der Waals surface area (Å²) in [5.41, 5.74) is 1.31. The van der Waals surface area contributed by atoms with Gasteiger partial charge in [0.1, 0.15) is 0 Å². The molecule has 27 heavy (non-hydrogen) atoms. The van der Waals surface area contributed by atoms with Crippen molar-refractivity contribution in [3.63, 3.8) is 0 Å². The summed E-state index contributed by atoms with van der Waals surface area (Å²) in [6.45, 7) is 5.15. The molecule has 1 amide bonds. The van der Waals surface area contributed by atoms with E-state index in [1.54, 1.807) is 22.5 Å². The summed E-state index contributed by atoms with van der Waals surface area (Å²) >= 11 is 0. The number of sulfonamides is 1. The fourth-order valence-corrected chi connectivity index (χ4v) is 6.54. The molecule has 5 nitrogen and oxygen atoms in total. The number of nitrogens with zero attached hydrogens (tertiary/aromatic N) is 1. The van der Waals surface area contributed by atoms with Gasteiger partial charge < -0.3 is 5.32 Å². The SMILES string of the molecule is Cc1ccc(S(=O)(=O)N2CCC(C)CC2)cc1C(=O)N[C@@H]1C[C@H]2CC[C@H]1C2. The van der Waals surface area contributed by atoms with Crippen LogP contribution in [-0.4, -0.2) is 37.8 Å². The zero-order valence-electron chi connectivity index (χ0n) is 16.3. The molecule has 1 aromatic carbocycles. The largest absolute Gasteiger partial charge is 0.349 e. The van der Waals surface area contributed by atoms with E-state index in [2.05, 4.69) is 12.2 Å². The van der Waals surface area contributed by atoms with Crippen molar-refractivity contribution in [2.75, 3.05) is 13.1 Å². The number of fused-ring (bicyclic) bond motifs is 2. The number of hydrogen-bond donors (Lipinski definition) is 1. The van der Waals surface area contributed by atoms with Gasteiger partial charge in [0.2, 0.25) is 10.0 Å². The van der Waals surface area contributed by atoms with Gasteiger partial charge in [0.15, 0.2) is 0 Å². The molecule has 3 fully saturated rings. The maximum absolute atomic E-state index is 13.0. The Morgan fingerprint density at radius 3 is 2.48 bits per heavy atom. The third-order valence-corrected chi connectivity index (χ3v) is 8.78. The molecule has 2 saturated carbocycles. The van der Waals surface area contributed by atoms with Crippen molar-refractivity contribution in [2.24, 2.45) is 17.8 Å². The van der Waals surface area contributed by atoms with Crippen LogP contribution in [0.25, 0.3) is 0 Å². The van der Waals surface area contributed by atoms with Gasteiger partial charge in [-0.25, -0.2) is 8.42 Å². The van der Waals surface area contributed by atoms with E-state index < -0.39 is 10.0 Å². The molecule has 0 spiro atoms. The topological polar surface area (TPSA) is 66.5 Å². The van der Waals surface area contributed by atoms with Crippen molar-refractivity contribution in [3.05, 3.63) is 29.3 Å². The monoisotopic (exact) mass is 390 g/mol. The minimum absolute atomic E-state index is 0.130. The van der Waals surface area contributed by atoms with E-state index in [4.69, 9.17) is 0 Å². The lowest BCUT2D eigenvalue weighted by Gasteiger charge is -2.29. The maximum atomic E-state index is 13.0. The zero-order chi connectivity index (χ0) is 19.2. The number of benzene rings is 1. The Bertz CT molecular complexity index is 828. The number of nitrogens with one attached hydrogen (secondary N) is 1. The lowest BCUT2D eigenvalue weighted by molar-refractivity contribution is 0.0922. The first kappa shape index (κ1) is 18.9. The van der Waals surface area contributed by atoms with E-state index in [-0.39, 0.29) is 16.8 Å². The lowest BCUT2D eigenvalue weighted by atomic mass is 9.95. The van der Waals surface area contributed by atoms with Gasteiger partial charge >= 0.3 is 0 Å². The second-order valence-corrected chi connectivity index (χ2v) is 10.8. The van der Waals surface area contributed by atoms with Gasteiger partial charge in [-0.15, -0.1) is 0 Å². The van der Waals surface area contributed by atoms with Crippen LogP contribution >= 0.6 is 0 Å². The van der Waals surface area contributed by atoms with Crippen LogP contribution in [0.1, 0.15) is 61.4 Å². The number of aryl methyl sites for hydroxylation is 1. The Labute approximate surface area is 162 Å². The van der Waals surface area contributed by atoms with Crippen LogP contribution in [0.4, 0.5) is 0 Å². The summed E-state index contributed by atoms with van der Waals surface area (Å²) in [6, 6.07) is 5.22. The standard InChI is InChI=1S/C21H30N2O3S/c1-14-7-9-23(10-8-14)27(25,26)18-6-3-15(2)19(13-18)21(24)22-20-12-16-4-5-17(20)11-16/h3,6,13-14,16-17,20H,4-5,7-12H2,1-2H3,(H,22,24)/t16-,17-,20+/m0/s1. The number of piperidine rings is 1. The van der Waals surface area contributed by atoms with Crippen molar-refractivity contribution in [2.45, 2.75) is 63.3 Å². The molecular formula is C21H30N2O3S. The van der Waals surface area contributed by atoms with Crippen LogP contribution in [0.5, 0.6) is 0 Å². The number of hydrogen-bond acceptors (Lipinski definition) is 3. The molecule has 2 bridgehead atoms. The van der Waals surface area contributed by atoms with Gasteiger partial charge in [-0.1, -0.05) is 19.4 Å². The summed E-state index contributed by atoms with van der Waals surface area (Å²) in [5, 5.41) is 3.18. The summed E-state index contributed by atoms with van der Waals surface area (Å²) in [6.07, 6.45) is 6.57. The van der Waals surface area contributed by atoms with E-state index in [0.717, 1.165) is 30.7 Å². The molecule has 148 valence electrons. The van der Waals surface area contributed by atoms with E-state index >= 15 is 0 Å². The molecule has 3 atom stereocenters. The number of amides is 1. The third-order valence-electron chi connectivity index (χ3n) is 6.89. The Kier molecular flexibility index (Phi) is 5.06. The predicted octanol–water partition coefficient (Wildman–Crippen LogP) is 3.33. The predicted molar refractivity (Wildman–Crippen MR) is 105 cm³/mol. The fraction of sp³-hybridized carbons (Fsp3) is 0.667. The lowest BCUT2D eigenvalue weighted by Crippen LogP contribution is -2.39. The van der Waals surface area contributed by atoms with Crippen molar-refractivity contribution >= 4 is 15.9 Å². The quantitative estimate of drug-likeness (QED) is 0.857. The summed E-state index contributed by atoms with van der Waals surface area (Å²) < 4.78 is 27.6. The molecule has 0 radical (unpaired) electrons. The fourth-order valence-electron chi connectivity index (χ4n) is 5.05. The Morgan fingerprint density at radius 2 is 1.85 bits per heavy atom. The first-order valence-electron chi connectivity index (χ1n) is 10.3. The van der Waals surface area contributed by atoms with E-state index in [9.17, 15) is 13.2 Å². The molecular weight excluding hydrogens is 360 g/mol. The number of carbonyl (C=O) groups excluding carboxylic acids is 1. The molecule has 1 heterocycles. The molecule has 0 unspecified atom stereocenters. The van der Waals surface area contributed by atoms with Crippen LogP contribution in [0.15, 0.2) is 23.1 Å². The van der Waals surface area contributed by atoms with Crippen LogP contribution in [0.3, 0.4) is 0 Å². The van der Waals surface area contributed by atoms with E-state index in [1.807, 2.05) is 6.92 Å². The molecule has 1 aliphatic heterocycles. The molecule has 3 aliphatic rings. The second-order valence-electron chi connectivity index (χ2n) is 8.82. The van der Waals surface area contributed by atoms with Crippen molar-refractivity contribution in [3.8, 4) is 0 Å². The van der Waals surface area contributed by atoms with Gasteiger partial charge in [-0.2, -0.15) is 4.31 Å². The van der Waals surface area contributed by atoms with Crippen LogP contribution in [-0.2, 0) is 10.0 Å². The van der Waals surface area contributed by atoms with Gasteiger partial charge in [0.05, 0.1) is 4.90 Å². The zero-order valence-corrected chi connectivity index (χ0v) is 17.1. The summed E-state index contributed by atoms with van der Waals surface area (Å²) in [7, 11) is -3.54. The van der Waals surface area contributed by atoms with Crippen LogP contribution in [0, 0.1) is 24.7 Å². The highest BCUT2D eigenvalue weighted by Crippen LogP contribution is 2.44. The maximum Gasteiger partial charge on any atom is 0.251 e. The molecule has 1 N–H and O–H groups in total. The van der Waals surface area contributed by atoms with E-state index in [0.29, 0.717) is 30.5 Å². The van der Waals surface area contributed by atoms with Gasteiger partial charge in [0, 0.05) is 24.7 Å². The van der Waals surface area contributed by atoms with Crippen molar-refractivity contribution < 1.29 is 13.2 Å². The first-order chi connectivity index (χ1) is 12.8. The summed E-state index contributed by atoms with van der Waals surface area (Å²) in [5.74, 6) is 1.79. The van der Waals surface area contributed by atoms with Crippen LogP contribution < -0.4 is 5.32 Å². The Hall–Kier alpha value is -1.40. The van der Waals surface area contributed by atoms with Gasteiger partial charge in [-0.05, 0) is 74.5 Å². The van der Waals surface area contributed by atoms with Crippen molar-refractivity contribution in [1.82, 2.24) is 9.62 Å². The molecule has 4 rings (SSSR count). The molecule has 1 aromatic rings.